The summed E-state index contributed by atoms with van der Waals surface area (Å²) < 4.78 is 0. The molecule has 13 aromatic carbocycles. The molecule has 0 unspecified atom stereocenters. The topological polar surface area (TPSA) is 13.0 Å². The van der Waals surface area contributed by atoms with Gasteiger partial charge in [0.1, 0.15) is 0 Å². The van der Waals surface area contributed by atoms with Gasteiger partial charge in [-0.3, -0.25) is 0 Å². The molecule has 4 aliphatic heterocycles. The van der Waals surface area contributed by atoms with Gasteiger partial charge in [0.15, 0.2) is 0 Å². The Balaban J connectivity index is 0.984. The van der Waals surface area contributed by atoms with E-state index in [2.05, 4.69) is 335 Å². The van der Waals surface area contributed by atoms with Gasteiger partial charge < -0.3 is 19.6 Å². The molecule has 17 rings (SSSR count). The number of benzene rings is 13. The lowest BCUT2D eigenvalue weighted by Gasteiger charge is -2.44. The third-order valence-corrected chi connectivity index (χ3v) is 19.9. The molecule has 0 aromatic heterocycles. The first kappa shape index (κ1) is 50.4. The Hall–Kier alpha value is -10.1. The molecular formula is C78H52B2N4S2. The Morgan fingerprint density at radius 1 is 0.267 bits per heavy atom. The second-order valence-corrected chi connectivity index (χ2v) is 24.4. The van der Waals surface area contributed by atoms with Crippen LogP contribution < -0.4 is 52.4 Å². The second-order valence-electron chi connectivity index (χ2n) is 22.3. The van der Waals surface area contributed by atoms with E-state index in [-0.39, 0.29) is 13.4 Å². The maximum absolute atomic E-state index is 2.67. The Labute approximate surface area is 511 Å². The maximum atomic E-state index is 2.67. The van der Waals surface area contributed by atoms with Crippen LogP contribution in [0, 0.1) is 0 Å². The van der Waals surface area contributed by atoms with Crippen LogP contribution in [0.3, 0.4) is 0 Å². The van der Waals surface area contributed by atoms with Crippen molar-refractivity contribution >= 4 is 138 Å². The van der Waals surface area contributed by atoms with E-state index in [1.54, 1.807) is 0 Å². The van der Waals surface area contributed by atoms with Crippen molar-refractivity contribution < 1.29 is 0 Å². The van der Waals surface area contributed by atoms with E-state index in [1.807, 2.05) is 23.5 Å². The molecule has 4 aliphatic rings. The molecule has 0 spiro atoms. The number of fused-ring (bicyclic) bond motifs is 8. The van der Waals surface area contributed by atoms with Crippen LogP contribution >= 0.6 is 23.5 Å². The normalized spacial score (nSPS) is 12.9. The molecule has 8 heteroatoms. The molecule has 0 fully saturated rings. The van der Waals surface area contributed by atoms with Gasteiger partial charge in [-0.1, -0.05) is 241 Å². The molecule has 0 saturated carbocycles. The average Bonchev–Trinajstić information content (AvgIpc) is 0.719. The van der Waals surface area contributed by atoms with Crippen molar-refractivity contribution in [1.29, 1.82) is 0 Å². The standard InChI is InChI=1S/C78H52B2N4S2/c1-8-28-53(29-9-1)62-42-22-23-43-63(62)74-77-66(79-64-44-24-26-46-68(64)83(58-38-18-6-19-39-58)70-48-60(50-72(85-77)75(70)79)81(54-30-10-2-11-31-54)55-32-12-3-13-33-55)52-67-78(74)86-73-51-61(82(56-34-14-4-15-35-56)57-36-16-5-17-37-57)49-71-76(73)80(67)65-45-25-27-47-69(65)84(71)59-40-20-7-21-41-59/h1-52H. The minimum Gasteiger partial charge on any atom is -0.311 e. The summed E-state index contributed by atoms with van der Waals surface area (Å²) in [4.78, 5) is 15.0. The van der Waals surface area contributed by atoms with E-state index in [9.17, 15) is 0 Å². The van der Waals surface area contributed by atoms with Gasteiger partial charge in [-0.25, -0.2) is 0 Å². The van der Waals surface area contributed by atoms with Crippen molar-refractivity contribution in [2.75, 3.05) is 19.6 Å². The molecule has 0 atom stereocenters. The molecule has 0 amide bonds. The highest BCUT2D eigenvalue weighted by molar-refractivity contribution is 8.01. The van der Waals surface area contributed by atoms with E-state index in [4.69, 9.17) is 0 Å². The van der Waals surface area contributed by atoms with Gasteiger partial charge in [0.25, 0.3) is 0 Å². The van der Waals surface area contributed by atoms with Gasteiger partial charge in [0, 0.05) is 93.4 Å². The van der Waals surface area contributed by atoms with Crippen LogP contribution in [0.4, 0.5) is 68.2 Å². The summed E-state index contributed by atoms with van der Waals surface area (Å²) in [5, 5.41) is 0. The minimum absolute atomic E-state index is 0.102. The molecule has 4 nitrogen and oxygen atoms in total. The molecule has 402 valence electrons. The Morgan fingerprint density at radius 3 is 1.01 bits per heavy atom. The Bertz CT molecular complexity index is 4390. The van der Waals surface area contributed by atoms with Crippen molar-refractivity contribution in [2.45, 2.75) is 19.6 Å². The fraction of sp³-hybridized carbons (Fsp3) is 0. The van der Waals surface area contributed by atoms with Gasteiger partial charge in [-0.05, 0) is 148 Å². The number of rotatable bonds is 10. The van der Waals surface area contributed by atoms with Crippen LogP contribution in [0.25, 0.3) is 22.3 Å². The molecule has 13 aromatic rings. The van der Waals surface area contributed by atoms with Crippen molar-refractivity contribution in [3.63, 3.8) is 0 Å². The first-order valence-electron chi connectivity index (χ1n) is 29.5. The van der Waals surface area contributed by atoms with Crippen LogP contribution in [0.1, 0.15) is 0 Å². The van der Waals surface area contributed by atoms with E-state index < -0.39 is 0 Å². The van der Waals surface area contributed by atoms with Crippen LogP contribution in [0.5, 0.6) is 0 Å². The summed E-state index contributed by atoms with van der Waals surface area (Å²) in [5.41, 5.74) is 26.4. The average molecular weight is 1130 g/mol. The molecule has 0 aliphatic carbocycles. The van der Waals surface area contributed by atoms with Gasteiger partial charge in [-0.2, -0.15) is 0 Å². The zero-order chi connectivity index (χ0) is 56.7. The number of hydrogen-bond donors (Lipinski definition) is 0. The Kier molecular flexibility index (Phi) is 12.2. The highest BCUT2D eigenvalue weighted by Gasteiger charge is 2.48. The summed E-state index contributed by atoms with van der Waals surface area (Å²) in [5.74, 6) is 0. The minimum atomic E-state index is -0.102. The fourth-order valence-electron chi connectivity index (χ4n) is 13.9. The fourth-order valence-corrected chi connectivity index (χ4v) is 16.7. The summed E-state index contributed by atoms with van der Waals surface area (Å²) in [6.07, 6.45) is 0. The summed E-state index contributed by atoms with van der Waals surface area (Å²) >= 11 is 3.90. The largest absolute Gasteiger partial charge is 0.311 e. The molecule has 0 N–H and O–H groups in total. The van der Waals surface area contributed by atoms with Crippen LogP contribution in [-0.4, -0.2) is 13.4 Å². The van der Waals surface area contributed by atoms with Gasteiger partial charge in [0.05, 0.1) is 0 Å². The number of hydrogen-bond acceptors (Lipinski definition) is 6. The lowest BCUT2D eigenvalue weighted by atomic mass is 9.31. The molecule has 4 heterocycles. The maximum Gasteiger partial charge on any atom is 0.249 e. The predicted molar refractivity (Wildman–Crippen MR) is 366 cm³/mol. The lowest BCUT2D eigenvalue weighted by Crippen LogP contribution is -2.64. The Morgan fingerprint density at radius 2 is 0.605 bits per heavy atom. The number of para-hydroxylation sites is 8. The first-order valence-corrected chi connectivity index (χ1v) is 31.1. The van der Waals surface area contributed by atoms with Gasteiger partial charge in [0.2, 0.25) is 13.4 Å². The molecular weight excluding hydrogens is 1080 g/mol. The quantitative estimate of drug-likeness (QED) is 0.126. The second kappa shape index (κ2) is 20.9. The molecule has 0 saturated heterocycles. The van der Waals surface area contributed by atoms with Crippen molar-refractivity contribution in [3.05, 3.63) is 315 Å². The highest BCUT2D eigenvalue weighted by Crippen LogP contribution is 2.54. The van der Waals surface area contributed by atoms with Gasteiger partial charge >= 0.3 is 0 Å². The zero-order valence-electron chi connectivity index (χ0n) is 46.8. The lowest BCUT2D eigenvalue weighted by molar-refractivity contribution is 1.22. The highest BCUT2D eigenvalue weighted by atomic mass is 32.2. The predicted octanol–water partition coefficient (Wildman–Crippen LogP) is 17.5. The number of nitrogens with zero attached hydrogens (tertiary/aromatic N) is 4. The molecule has 0 radical (unpaired) electrons. The summed E-state index contributed by atoms with van der Waals surface area (Å²) in [6.45, 7) is -0.205. The smallest absolute Gasteiger partial charge is 0.249 e. The van der Waals surface area contributed by atoms with Crippen molar-refractivity contribution in [1.82, 2.24) is 0 Å². The van der Waals surface area contributed by atoms with E-state index in [0.717, 1.165) is 45.5 Å². The number of anilines is 12. The van der Waals surface area contributed by atoms with Crippen molar-refractivity contribution in [2.24, 2.45) is 0 Å². The van der Waals surface area contributed by atoms with Crippen LogP contribution in [0.2, 0.25) is 0 Å². The van der Waals surface area contributed by atoms with Crippen LogP contribution in [-0.2, 0) is 0 Å². The van der Waals surface area contributed by atoms with E-state index in [0.29, 0.717) is 0 Å². The van der Waals surface area contributed by atoms with Crippen LogP contribution in [0.15, 0.2) is 335 Å². The van der Waals surface area contributed by atoms with E-state index in [1.165, 1.54) is 97.4 Å². The SMILES string of the molecule is c1ccc(-c2ccccc2-c2c3c(cc4c2Sc2cc(N(c5ccccc5)c5ccccc5)cc5c2B4c2ccccc2N5c2ccccc2)B2c4ccccc4N(c4ccccc4)c4cc(N(c5ccccc5)c5ccccc5)cc(c42)S3)cc1. The summed E-state index contributed by atoms with van der Waals surface area (Å²) in [6, 6.07) is 117. The van der Waals surface area contributed by atoms with Gasteiger partial charge in [-0.15, -0.1) is 0 Å². The summed E-state index contributed by atoms with van der Waals surface area (Å²) in [7, 11) is 0. The van der Waals surface area contributed by atoms with Crippen molar-refractivity contribution in [3.8, 4) is 22.3 Å². The molecule has 0 bridgehead atoms. The monoisotopic (exact) mass is 1130 g/mol. The third-order valence-electron chi connectivity index (χ3n) is 17.5. The molecule has 86 heavy (non-hydrogen) atoms. The third kappa shape index (κ3) is 8.19. The first-order chi connectivity index (χ1) is 42.7. The zero-order valence-corrected chi connectivity index (χ0v) is 48.4. The van der Waals surface area contributed by atoms with E-state index >= 15 is 0 Å².